The molecule has 0 aliphatic heterocycles. The maximum absolute atomic E-state index is 13.6. The zero-order valence-corrected chi connectivity index (χ0v) is 13.8. The van der Waals surface area contributed by atoms with Crippen molar-refractivity contribution in [3.8, 4) is 5.75 Å². The monoisotopic (exact) mass is 367 g/mol. The zero-order valence-electron chi connectivity index (χ0n) is 13.8. The van der Waals surface area contributed by atoms with Gasteiger partial charge in [0, 0.05) is 19.2 Å². The Bertz CT molecular complexity index is 783. The van der Waals surface area contributed by atoms with E-state index in [9.17, 15) is 22.8 Å². The van der Waals surface area contributed by atoms with Gasteiger partial charge in [-0.1, -0.05) is 30.3 Å². The van der Waals surface area contributed by atoms with E-state index in [1.165, 1.54) is 54.4 Å². The van der Waals surface area contributed by atoms with Crippen molar-refractivity contribution in [2.75, 3.05) is 13.7 Å². The van der Waals surface area contributed by atoms with Gasteiger partial charge in [-0.25, -0.2) is 9.18 Å². The summed E-state index contributed by atoms with van der Waals surface area (Å²) in [5.41, 5.74) is 0.0858. The summed E-state index contributed by atoms with van der Waals surface area (Å²) in [5, 5.41) is 0. The van der Waals surface area contributed by atoms with Gasteiger partial charge in [0.25, 0.3) is 5.91 Å². The number of esters is 1. The second-order valence-electron chi connectivity index (χ2n) is 5.29. The molecule has 0 atom stereocenters. The molecular weight excluding hydrogens is 351 g/mol. The van der Waals surface area contributed by atoms with Crippen LogP contribution in [0.1, 0.15) is 15.9 Å². The number of nitrogens with zero attached hydrogens (tertiary/aromatic N) is 1. The van der Waals surface area contributed by atoms with E-state index in [4.69, 9.17) is 4.74 Å². The highest BCUT2D eigenvalue weighted by molar-refractivity contribution is 5.93. The molecule has 1 amide bonds. The van der Waals surface area contributed by atoms with Crippen molar-refractivity contribution in [3.63, 3.8) is 0 Å². The van der Waals surface area contributed by atoms with Gasteiger partial charge in [0.05, 0.1) is 0 Å². The van der Waals surface area contributed by atoms with Gasteiger partial charge in [-0.3, -0.25) is 4.79 Å². The molecule has 0 unspecified atom stereocenters. The van der Waals surface area contributed by atoms with Crippen LogP contribution < -0.4 is 4.74 Å². The molecular formula is C18H16F3NO4. The lowest BCUT2D eigenvalue weighted by Gasteiger charge is -2.18. The quantitative estimate of drug-likeness (QED) is 0.705. The molecule has 0 N–H and O–H groups in total. The molecule has 0 heterocycles. The number of amides is 1. The van der Waals surface area contributed by atoms with E-state index in [0.717, 1.165) is 0 Å². The van der Waals surface area contributed by atoms with Gasteiger partial charge >= 0.3 is 12.6 Å². The molecule has 0 aromatic heterocycles. The fourth-order valence-electron chi connectivity index (χ4n) is 2.12. The van der Waals surface area contributed by atoms with Gasteiger partial charge in [0.15, 0.2) is 6.61 Å². The average Bonchev–Trinajstić information content (AvgIpc) is 2.61. The molecule has 138 valence electrons. The van der Waals surface area contributed by atoms with Gasteiger partial charge in [0.1, 0.15) is 17.1 Å². The maximum atomic E-state index is 13.6. The summed E-state index contributed by atoms with van der Waals surface area (Å²) in [5.74, 6) is -2.36. The van der Waals surface area contributed by atoms with Crippen LogP contribution in [-0.4, -0.2) is 37.0 Å². The zero-order chi connectivity index (χ0) is 19.1. The first kappa shape index (κ1) is 19.3. The molecule has 2 aromatic rings. The van der Waals surface area contributed by atoms with Crippen molar-refractivity contribution in [1.29, 1.82) is 0 Å². The number of ether oxygens (including phenoxy) is 2. The number of carbonyl (C=O) groups is 2. The number of likely N-dealkylation sites (N-methyl/N-ethyl adjacent to an activating group) is 1. The fourth-order valence-corrected chi connectivity index (χ4v) is 2.12. The van der Waals surface area contributed by atoms with E-state index < -0.39 is 30.9 Å². The van der Waals surface area contributed by atoms with Crippen molar-refractivity contribution in [1.82, 2.24) is 4.90 Å². The first-order chi connectivity index (χ1) is 12.4. The first-order valence-electron chi connectivity index (χ1n) is 7.57. The van der Waals surface area contributed by atoms with Crippen molar-refractivity contribution in [2.45, 2.75) is 13.2 Å². The first-order valence-corrected chi connectivity index (χ1v) is 7.57. The summed E-state index contributed by atoms with van der Waals surface area (Å²) in [6.07, 6.45) is 0. The smallest absolute Gasteiger partial charge is 0.387 e. The van der Waals surface area contributed by atoms with E-state index in [0.29, 0.717) is 5.56 Å². The SMILES string of the molecule is CN(Cc1ccccc1F)C(=O)COC(=O)c1ccccc1OC(F)F. The number of para-hydroxylation sites is 1. The molecule has 0 radical (unpaired) electrons. The number of halogens is 3. The van der Waals surface area contributed by atoms with E-state index in [1.807, 2.05) is 0 Å². The Morgan fingerprint density at radius 3 is 2.42 bits per heavy atom. The number of hydrogen-bond acceptors (Lipinski definition) is 4. The highest BCUT2D eigenvalue weighted by Crippen LogP contribution is 2.21. The predicted octanol–water partition coefficient (Wildman–Crippen LogP) is 3.24. The topological polar surface area (TPSA) is 55.8 Å². The van der Waals surface area contributed by atoms with Crippen molar-refractivity contribution in [3.05, 3.63) is 65.5 Å². The van der Waals surface area contributed by atoms with Crippen LogP contribution >= 0.6 is 0 Å². The number of carbonyl (C=O) groups excluding carboxylic acids is 2. The Hall–Kier alpha value is -3.03. The minimum Gasteiger partial charge on any atom is -0.452 e. The standard InChI is InChI=1S/C18H16F3NO4/c1-22(10-12-6-2-4-8-14(12)19)16(23)11-25-17(24)13-7-3-5-9-15(13)26-18(20)21/h2-9,18H,10-11H2,1H3. The van der Waals surface area contributed by atoms with Gasteiger partial charge < -0.3 is 14.4 Å². The van der Waals surface area contributed by atoms with E-state index in [2.05, 4.69) is 4.74 Å². The fraction of sp³-hybridized carbons (Fsp3) is 0.222. The summed E-state index contributed by atoms with van der Waals surface area (Å²) >= 11 is 0. The molecule has 0 fully saturated rings. The third-order valence-electron chi connectivity index (χ3n) is 3.44. The molecule has 0 aliphatic carbocycles. The third kappa shape index (κ3) is 5.23. The molecule has 0 bridgehead atoms. The number of alkyl halides is 2. The summed E-state index contributed by atoms with van der Waals surface area (Å²) in [4.78, 5) is 25.2. The number of rotatable bonds is 7. The normalized spacial score (nSPS) is 10.5. The Morgan fingerprint density at radius 1 is 1.08 bits per heavy atom. The van der Waals surface area contributed by atoms with Gasteiger partial charge in [-0.2, -0.15) is 8.78 Å². The average molecular weight is 367 g/mol. The van der Waals surface area contributed by atoms with E-state index in [1.54, 1.807) is 6.07 Å². The van der Waals surface area contributed by atoms with Crippen LogP contribution in [0.2, 0.25) is 0 Å². The summed E-state index contributed by atoms with van der Waals surface area (Å²) in [7, 11) is 1.43. The highest BCUT2D eigenvalue weighted by Gasteiger charge is 2.19. The van der Waals surface area contributed by atoms with Crippen LogP contribution in [0, 0.1) is 5.82 Å². The number of hydrogen-bond donors (Lipinski definition) is 0. The van der Waals surface area contributed by atoms with E-state index >= 15 is 0 Å². The molecule has 0 aliphatic rings. The van der Waals surface area contributed by atoms with Crippen molar-refractivity contribution in [2.24, 2.45) is 0 Å². The van der Waals surface area contributed by atoms with Gasteiger partial charge in [-0.15, -0.1) is 0 Å². The molecule has 5 nitrogen and oxygen atoms in total. The molecule has 0 spiro atoms. The van der Waals surface area contributed by atoms with Crippen LogP contribution in [0.5, 0.6) is 5.75 Å². The van der Waals surface area contributed by atoms with Crippen LogP contribution in [0.3, 0.4) is 0 Å². The Labute approximate surface area is 147 Å². The van der Waals surface area contributed by atoms with Crippen LogP contribution in [0.15, 0.2) is 48.5 Å². The Balaban J connectivity index is 1.95. The lowest BCUT2D eigenvalue weighted by Crippen LogP contribution is -2.31. The second-order valence-corrected chi connectivity index (χ2v) is 5.29. The van der Waals surface area contributed by atoms with Gasteiger partial charge in [0.2, 0.25) is 0 Å². The summed E-state index contributed by atoms with van der Waals surface area (Å²) in [6.45, 7) is -3.72. The largest absolute Gasteiger partial charge is 0.452 e. The minimum atomic E-state index is -3.10. The third-order valence-corrected chi connectivity index (χ3v) is 3.44. The summed E-state index contributed by atoms with van der Waals surface area (Å²) < 4.78 is 47.4. The van der Waals surface area contributed by atoms with Crippen molar-refractivity contribution < 1.29 is 32.2 Å². The molecule has 0 saturated carbocycles. The highest BCUT2D eigenvalue weighted by atomic mass is 19.3. The van der Waals surface area contributed by atoms with Crippen LogP contribution in [0.4, 0.5) is 13.2 Å². The number of benzene rings is 2. The lowest BCUT2D eigenvalue weighted by atomic mass is 10.2. The lowest BCUT2D eigenvalue weighted by molar-refractivity contribution is -0.133. The maximum Gasteiger partial charge on any atom is 0.387 e. The van der Waals surface area contributed by atoms with E-state index in [-0.39, 0.29) is 17.9 Å². The second kappa shape index (κ2) is 8.89. The molecule has 2 aromatic carbocycles. The van der Waals surface area contributed by atoms with Gasteiger partial charge in [-0.05, 0) is 18.2 Å². The minimum absolute atomic E-state index is 0.00582. The Kier molecular flexibility index (Phi) is 6.60. The van der Waals surface area contributed by atoms with Crippen LogP contribution in [-0.2, 0) is 16.1 Å². The molecule has 8 heteroatoms. The molecule has 2 rings (SSSR count). The van der Waals surface area contributed by atoms with Crippen LogP contribution in [0.25, 0.3) is 0 Å². The predicted molar refractivity (Wildman–Crippen MR) is 86.2 cm³/mol. The molecule has 0 saturated heterocycles. The molecule has 26 heavy (non-hydrogen) atoms. The summed E-state index contributed by atoms with van der Waals surface area (Å²) in [6, 6.07) is 11.3. The Morgan fingerprint density at radius 2 is 1.73 bits per heavy atom. The van der Waals surface area contributed by atoms with Crippen molar-refractivity contribution >= 4 is 11.9 Å².